The van der Waals surface area contributed by atoms with Gasteiger partial charge in [0.25, 0.3) is 5.91 Å². The maximum atomic E-state index is 14.1. The van der Waals surface area contributed by atoms with Gasteiger partial charge in [0.15, 0.2) is 5.78 Å². The van der Waals surface area contributed by atoms with Gasteiger partial charge in [-0.25, -0.2) is 9.78 Å². The zero-order valence-electron chi connectivity index (χ0n) is 24.2. The fourth-order valence-electron chi connectivity index (χ4n) is 6.76. The van der Waals surface area contributed by atoms with Crippen molar-refractivity contribution in [3.05, 3.63) is 107 Å². The number of carbonyl (C=O) groups excluding carboxylic acids is 2. The molecule has 2 heterocycles. The Bertz CT molecular complexity index is 1830. The summed E-state index contributed by atoms with van der Waals surface area (Å²) in [5, 5.41) is 9.30. The summed E-state index contributed by atoms with van der Waals surface area (Å²) in [6, 6.07) is 20.0. The van der Waals surface area contributed by atoms with E-state index in [0.717, 1.165) is 28.6 Å². The van der Waals surface area contributed by atoms with Crippen LogP contribution < -0.4 is 0 Å². The molecule has 0 saturated heterocycles. The molecule has 1 aromatic heterocycles. The van der Waals surface area contributed by atoms with Crippen LogP contribution in [-0.2, 0) is 0 Å². The van der Waals surface area contributed by atoms with Crippen LogP contribution in [0.15, 0.2) is 84.5 Å². The van der Waals surface area contributed by atoms with Crippen LogP contribution in [0.25, 0.3) is 28.0 Å². The van der Waals surface area contributed by atoms with E-state index in [-0.39, 0.29) is 28.1 Å². The molecule has 0 unspecified atom stereocenters. The van der Waals surface area contributed by atoms with Crippen molar-refractivity contribution in [2.24, 2.45) is 10.8 Å². The van der Waals surface area contributed by atoms with E-state index in [1.807, 2.05) is 47.4 Å². The number of carbonyl (C=O) groups is 3. The molecule has 2 aliphatic rings. The zero-order chi connectivity index (χ0) is 29.8. The molecule has 0 radical (unpaired) electrons. The smallest absolute Gasteiger partial charge is 0.335 e. The fourth-order valence-corrected chi connectivity index (χ4v) is 6.76. The number of aromatic carboxylic acids is 1. The Balaban J connectivity index is 1.29. The Hall–Kier alpha value is -4.78. The molecule has 42 heavy (non-hydrogen) atoms. The number of fused-ring (bicyclic) bond motifs is 2. The van der Waals surface area contributed by atoms with Crippen LogP contribution in [0.2, 0.25) is 0 Å². The number of aromatic amines is 1. The van der Waals surface area contributed by atoms with E-state index in [1.165, 1.54) is 18.1 Å². The van der Waals surface area contributed by atoms with Gasteiger partial charge in [0.1, 0.15) is 5.82 Å². The van der Waals surface area contributed by atoms with E-state index in [4.69, 9.17) is 4.98 Å². The van der Waals surface area contributed by atoms with Gasteiger partial charge in [-0.05, 0) is 60.9 Å². The van der Waals surface area contributed by atoms with Crippen molar-refractivity contribution in [3.63, 3.8) is 0 Å². The first-order valence-electron chi connectivity index (χ1n) is 14.1. The van der Waals surface area contributed by atoms with E-state index in [0.29, 0.717) is 30.0 Å². The fraction of sp³-hybridized carbons (Fsp3) is 0.257. The number of allylic oxidation sites excluding steroid dienone is 2. The third-order valence-electron chi connectivity index (χ3n) is 8.84. The Morgan fingerprint density at radius 1 is 0.929 bits per heavy atom. The maximum Gasteiger partial charge on any atom is 0.335 e. The quantitative estimate of drug-likeness (QED) is 0.202. The van der Waals surface area contributed by atoms with Gasteiger partial charge in [0.05, 0.1) is 22.2 Å². The highest BCUT2D eigenvalue weighted by molar-refractivity contribution is 6.02. The normalized spacial score (nSPS) is 19.6. The number of carboxylic acids is 1. The molecule has 2 N–H and O–H groups in total. The lowest BCUT2D eigenvalue weighted by Crippen LogP contribution is -2.48. The first-order chi connectivity index (χ1) is 20.0. The number of hydrogen-bond donors (Lipinski definition) is 2. The summed E-state index contributed by atoms with van der Waals surface area (Å²) in [6.07, 6.45) is 5.22. The van der Waals surface area contributed by atoms with Crippen molar-refractivity contribution in [2.45, 2.75) is 34.1 Å². The Labute approximate surface area is 244 Å². The number of H-pyrrole nitrogens is 1. The average molecular weight is 560 g/mol. The molecule has 0 saturated carbocycles. The molecule has 7 nitrogen and oxygen atoms in total. The second kappa shape index (κ2) is 9.94. The number of benzene rings is 3. The summed E-state index contributed by atoms with van der Waals surface area (Å²) in [6.45, 7) is 9.25. The minimum atomic E-state index is -0.935. The van der Waals surface area contributed by atoms with E-state index in [9.17, 15) is 19.5 Å². The molecule has 3 aromatic carbocycles. The number of carboxylic acid groups (broad SMARTS) is 1. The molecule has 1 amide bonds. The van der Waals surface area contributed by atoms with Gasteiger partial charge in [-0.1, -0.05) is 68.8 Å². The molecule has 212 valence electrons. The van der Waals surface area contributed by atoms with Crippen LogP contribution in [0.5, 0.6) is 0 Å². The molecular formula is C35H33N3O4. The summed E-state index contributed by atoms with van der Waals surface area (Å²) in [5.74, 6) is -0.411. The number of aromatic nitrogens is 2. The van der Waals surface area contributed by atoms with Crippen molar-refractivity contribution in [2.75, 3.05) is 13.1 Å². The van der Waals surface area contributed by atoms with Crippen LogP contribution in [0.3, 0.4) is 0 Å². The van der Waals surface area contributed by atoms with Crippen LogP contribution in [0.4, 0.5) is 0 Å². The summed E-state index contributed by atoms with van der Waals surface area (Å²) < 4.78 is 0. The van der Waals surface area contributed by atoms with Gasteiger partial charge in [0.2, 0.25) is 0 Å². The minimum Gasteiger partial charge on any atom is -0.478 e. The highest BCUT2D eigenvalue weighted by atomic mass is 16.4. The van der Waals surface area contributed by atoms with Crippen molar-refractivity contribution < 1.29 is 19.5 Å². The molecule has 1 aliphatic carbocycles. The van der Waals surface area contributed by atoms with Crippen LogP contribution in [0.1, 0.15) is 70.8 Å². The van der Waals surface area contributed by atoms with E-state index in [1.54, 1.807) is 24.3 Å². The van der Waals surface area contributed by atoms with E-state index >= 15 is 0 Å². The minimum absolute atomic E-state index is 0.0152. The predicted molar refractivity (Wildman–Crippen MR) is 163 cm³/mol. The van der Waals surface area contributed by atoms with Crippen LogP contribution >= 0.6 is 0 Å². The topological polar surface area (TPSA) is 103 Å². The van der Waals surface area contributed by atoms with Gasteiger partial charge in [-0.3, -0.25) is 9.59 Å². The van der Waals surface area contributed by atoms with E-state index < -0.39 is 5.97 Å². The second-order valence-corrected chi connectivity index (χ2v) is 12.1. The SMILES string of the molecule is CC(=O)c1ccc2nc(-c3ccccc3C(=O)N3CC=C4C(C)(C)C(c5ccc(C(=O)O)cc5)=CC[C@]4(C)C3)[nH]c2c1. The number of ketones is 1. The number of Topliss-reactive ketones (excluding diaryl/α,β-unsaturated/α-hetero) is 1. The number of amides is 1. The lowest BCUT2D eigenvalue weighted by Gasteiger charge is -2.50. The number of imidazole rings is 1. The van der Waals surface area contributed by atoms with Crippen molar-refractivity contribution in [1.82, 2.24) is 14.9 Å². The molecule has 1 atom stereocenters. The molecule has 7 heteroatoms. The van der Waals surface area contributed by atoms with Crippen molar-refractivity contribution in [1.29, 1.82) is 0 Å². The Kier molecular flexibility index (Phi) is 6.49. The van der Waals surface area contributed by atoms with Gasteiger partial charge < -0.3 is 15.0 Å². The van der Waals surface area contributed by atoms with E-state index in [2.05, 4.69) is 37.9 Å². The number of hydrogen-bond acceptors (Lipinski definition) is 4. The van der Waals surface area contributed by atoms with Gasteiger partial charge in [-0.15, -0.1) is 0 Å². The highest BCUT2D eigenvalue weighted by Crippen LogP contribution is 2.55. The third-order valence-corrected chi connectivity index (χ3v) is 8.84. The molecule has 4 aromatic rings. The van der Waals surface area contributed by atoms with Gasteiger partial charge in [-0.2, -0.15) is 0 Å². The first-order valence-corrected chi connectivity index (χ1v) is 14.1. The van der Waals surface area contributed by atoms with Crippen LogP contribution in [-0.4, -0.2) is 50.7 Å². The molecule has 1 aliphatic heterocycles. The number of rotatable bonds is 5. The number of nitrogens with zero attached hydrogens (tertiary/aromatic N) is 2. The molecule has 0 bridgehead atoms. The van der Waals surface area contributed by atoms with Crippen molar-refractivity contribution in [3.8, 4) is 11.4 Å². The zero-order valence-corrected chi connectivity index (χ0v) is 24.2. The van der Waals surface area contributed by atoms with Crippen molar-refractivity contribution >= 4 is 34.3 Å². The molecular weight excluding hydrogens is 526 g/mol. The first kappa shape index (κ1) is 27.4. The highest BCUT2D eigenvalue weighted by Gasteiger charge is 2.46. The van der Waals surface area contributed by atoms with Gasteiger partial charge >= 0.3 is 5.97 Å². The van der Waals surface area contributed by atoms with Crippen LogP contribution in [0, 0.1) is 10.8 Å². The lowest BCUT2D eigenvalue weighted by molar-refractivity contribution is 0.0679. The Morgan fingerprint density at radius 3 is 2.36 bits per heavy atom. The van der Waals surface area contributed by atoms with Gasteiger partial charge in [0, 0.05) is 35.0 Å². The second-order valence-electron chi connectivity index (χ2n) is 12.1. The summed E-state index contributed by atoms with van der Waals surface area (Å²) in [4.78, 5) is 47.2. The third kappa shape index (κ3) is 4.55. The Morgan fingerprint density at radius 2 is 1.64 bits per heavy atom. The summed E-state index contributed by atoms with van der Waals surface area (Å²) >= 11 is 0. The maximum absolute atomic E-state index is 14.1. The molecule has 0 spiro atoms. The number of nitrogens with one attached hydrogen (secondary N) is 1. The summed E-state index contributed by atoms with van der Waals surface area (Å²) in [5.41, 5.74) is 6.63. The predicted octanol–water partition coefficient (Wildman–Crippen LogP) is 7.03. The largest absolute Gasteiger partial charge is 0.478 e. The average Bonchev–Trinajstić information content (AvgIpc) is 3.40. The summed E-state index contributed by atoms with van der Waals surface area (Å²) in [7, 11) is 0. The molecule has 6 rings (SSSR count). The monoisotopic (exact) mass is 559 g/mol. The molecule has 0 fully saturated rings. The lowest BCUT2D eigenvalue weighted by atomic mass is 9.58. The standard InChI is InChI=1S/C35H33N3O4/c1-21(39)24-13-14-28-29(19-24)37-31(36-28)25-7-5-6-8-26(25)32(40)38-18-16-30-34(2,3)27(15-17-35(30,4)20-38)22-9-11-23(12-10-22)33(41)42/h5-16,19H,17-18,20H2,1-4H3,(H,36,37)(H,41,42)/t35-/m1/s1.